The summed E-state index contributed by atoms with van der Waals surface area (Å²) in [6, 6.07) is -2.38. The molecule has 0 aromatic heterocycles. The fourth-order valence-electron chi connectivity index (χ4n) is 1.47. The van der Waals surface area contributed by atoms with Gasteiger partial charge >= 0.3 is 24.2 Å². The van der Waals surface area contributed by atoms with Gasteiger partial charge in [-0.1, -0.05) is 0 Å². The number of nitrogens with zero attached hydrogens (tertiary/aromatic N) is 1. The Bertz CT molecular complexity index is 411. The van der Waals surface area contributed by atoms with Crippen LogP contribution in [0.15, 0.2) is 0 Å². The lowest BCUT2D eigenvalue weighted by Gasteiger charge is -2.28. The highest BCUT2D eigenvalue weighted by Crippen LogP contribution is 2.28. The normalized spacial score (nSPS) is 13.6. The summed E-state index contributed by atoms with van der Waals surface area (Å²) >= 11 is 4.95. The fourth-order valence-corrected chi connectivity index (χ4v) is 1.68. The molecule has 0 radical (unpaired) electrons. The molecule has 22 heavy (non-hydrogen) atoms. The number of hydrogen-bond donors (Lipinski definition) is 1. The van der Waals surface area contributed by atoms with Crippen molar-refractivity contribution < 1.29 is 40.7 Å². The molecule has 1 atom stereocenters. The van der Waals surface area contributed by atoms with Gasteiger partial charge in [-0.2, -0.15) is 26.3 Å². The molecule has 0 fully saturated rings. The van der Waals surface area contributed by atoms with Crippen molar-refractivity contribution in [1.29, 1.82) is 0 Å². The van der Waals surface area contributed by atoms with Crippen molar-refractivity contribution in [2.24, 2.45) is 5.73 Å². The van der Waals surface area contributed by atoms with Crippen LogP contribution >= 0.6 is 11.6 Å². The molecule has 128 valence electrons. The first-order chi connectivity index (χ1) is 9.84. The molecule has 2 N–H and O–H groups in total. The molecule has 0 saturated heterocycles. The standard InChI is InChI=1S/C10H11ClF6N2O3/c11-6(20)5(3-1-2-4-18)19(7(21)9(12,13)14)8(22)10(15,16)17/h5H,1-4,18H2/t5-/m0/s1. The summed E-state index contributed by atoms with van der Waals surface area (Å²) in [6.45, 7) is 0.0453. The molecule has 0 heterocycles. The molecule has 5 nitrogen and oxygen atoms in total. The van der Waals surface area contributed by atoms with Gasteiger partial charge in [0.2, 0.25) is 5.24 Å². The van der Waals surface area contributed by atoms with Crippen LogP contribution in [0.5, 0.6) is 0 Å². The van der Waals surface area contributed by atoms with E-state index in [1.165, 1.54) is 0 Å². The number of halogens is 7. The monoisotopic (exact) mass is 356 g/mol. The third-order valence-electron chi connectivity index (χ3n) is 2.43. The summed E-state index contributed by atoms with van der Waals surface area (Å²) in [7, 11) is 0. The van der Waals surface area contributed by atoms with Crippen LogP contribution in [0.3, 0.4) is 0 Å². The van der Waals surface area contributed by atoms with Gasteiger partial charge < -0.3 is 5.73 Å². The topological polar surface area (TPSA) is 80.5 Å². The number of nitrogens with two attached hydrogens (primary N) is 1. The van der Waals surface area contributed by atoms with Crippen LogP contribution in [-0.4, -0.2) is 46.9 Å². The van der Waals surface area contributed by atoms with Crippen LogP contribution in [0.4, 0.5) is 26.3 Å². The summed E-state index contributed by atoms with van der Waals surface area (Å²) in [6.07, 6.45) is -12.2. The molecule has 0 aliphatic heterocycles. The highest BCUT2D eigenvalue weighted by Gasteiger charge is 2.55. The van der Waals surface area contributed by atoms with Crippen molar-refractivity contribution in [2.45, 2.75) is 37.7 Å². The second-order valence-corrected chi connectivity index (χ2v) is 4.45. The quantitative estimate of drug-likeness (QED) is 0.446. The van der Waals surface area contributed by atoms with Crippen molar-refractivity contribution in [1.82, 2.24) is 4.90 Å². The summed E-state index contributed by atoms with van der Waals surface area (Å²) < 4.78 is 74.2. The van der Waals surface area contributed by atoms with E-state index >= 15 is 0 Å². The van der Waals surface area contributed by atoms with Gasteiger partial charge in [-0.05, 0) is 37.4 Å². The second kappa shape index (κ2) is 7.77. The highest BCUT2D eigenvalue weighted by atomic mass is 35.5. The second-order valence-electron chi connectivity index (χ2n) is 4.08. The van der Waals surface area contributed by atoms with Crippen LogP contribution < -0.4 is 5.73 Å². The zero-order valence-corrected chi connectivity index (χ0v) is 11.6. The predicted molar refractivity (Wildman–Crippen MR) is 61.5 cm³/mol. The van der Waals surface area contributed by atoms with E-state index in [4.69, 9.17) is 17.3 Å². The number of rotatable bonds is 6. The Balaban J connectivity index is 5.65. The molecule has 0 aromatic carbocycles. The van der Waals surface area contributed by atoms with E-state index in [0.29, 0.717) is 0 Å². The molecule has 0 bridgehead atoms. The summed E-state index contributed by atoms with van der Waals surface area (Å²) in [5.74, 6) is -6.22. The maximum absolute atomic E-state index is 12.4. The zero-order valence-electron chi connectivity index (χ0n) is 10.8. The van der Waals surface area contributed by atoms with Gasteiger partial charge in [0.05, 0.1) is 0 Å². The molecule has 0 spiro atoms. The number of carbonyl (C=O) groups is 3. The van der Waals surface area contributed by atoms with Crippen molar-refractivity contribution in [2.75, 3.05) is 6.54 Å². The smallest absolute Gasteiger partial charge is 0.330 e. The number of carbonyl (C=O) groups excluding carboxylic acids is 3. The van der Waals surface area contributed by atoms with E-state index in [1.54, 1.807) is 0 Å². The first-order valence-corrected chi connectivity index (χ1v) is 6.12. The number of imide groups is 1. The molecule has 0 aromatic rings. The third kappa shape index (κ3) is 5.79. The zero-order chi connectivity index (χ0) is 17.7. The lowest BCUT2D eigenvalue weighted by Crippen LogP contribution is -2.56. The molecule has 0 saturated carbocycles. The largest absolute Gasteiger partial charge is 0.471 e. The van der Waals surface area contributed by atoms with Gasteiger partial charge in [-0.15, -0.1) is 0 Å². The van der Waals surface area contributed by atoms with Crippen LogP contribution in [0, 0.1) is 0 Å². The van der Waals surface area contributed by atoms with Crippen LogP contribution in [0.2, 0.25) is 0 Å². The van der Waals surface area contributed by atoms with Crippen LogP contribution in [-0.2, 0) is 14.4 Å². The number of amides is 2. The molecular weight excluding hydrogens is 346 g/mol. The lowest BCUT2D eigenvalue weighted by molar-refractivity contribution is -0.207. The number of alkyl halides is 6. The van der Waals surface area contributed by atoms with E-state index < -0.39 is 46.8 Å². The first-order valence-electron chi connectivity index (χ1n) is 5.75. The van der Waals surface area contributed by atoms with Crippen LogP contribution in [0.1, 0.15) is 19.3 Å². The Hall–Kier alpha value is -1.36. The number of hydrogen-bond acceptors (Lipinski definition) is 4. The average Bonchev–Trinajstić information content (AvgIpc) is 2.34. The Morgan fingerprint density at radius 3 is 1.64 bits per heavy atom. The molecule has 0 aliphatic rings. The minimum atomic E-state index is -5.78. The minimum Gasteiger partial charge on any atom is -0.330 e. The average molecular weight is 357 g/mol. The summed E-state index contributed by atoms with van der Waals surface area (Å²) in [5, 5.41) is -1.69. The van der Waals surface area contributed by atoms with Crippen molar-refractivity contribution >= 4 is 28.7 Å². The Labute approximate surface area is 125 Å². The van der Waals surface area contributed by atoms with Crippen LogP contribution in [0.25, 0.3) is 0 Å². The molecule has 0 rings (SSSR count). The fraction of sp³-hybridized carbons (Fsp3) is 0.700. The van der Waals surface area contributed by atoms with Crippen molar-refractivity contribution in [3.63, 3.8) is 0 Å². The van der Waals surface area contributed by atoms with Gasteiger partial charge in [0.25, 0.3) is 0 Å². The van der Waals surface area contributed by atoms with E-state index in [0.717, 1.165) is 0 Å². The van der Waals surface area contributed by atoms with E-state index in [-0.39, 0.29) is 19.4 Å². The Morgan fingerprint density at radius 1 is 0.955 bits per heavy atom. The maximum atomic E-state index is 12.4. The van der Waals surface area contributed by atoms with Crippen molar-refractivity contribution in [3.05, 3.63) is 0 Å². The molecule has 0 unspecified atom stereocenters. The van der Waals surface area contributed by atoms with Crippen molar-refractivity contribution in [3.8, 4) is 0 Å². The molecule has 2 amide bonds. The first kappa shape index (κ1) is 20.6. The van der Waals surface area contributed by atoms with Gasteiger partial charge in [0.15, 0.2) is 0 Å². The lowest BCUT2D eigenvalue weighted by atomic mass is 10.1. The van der Waals surface area contributed by atoms with E-state index in [1.807, 2.05) is 0 Å². The molecule has 12 heteroatoms. The van der Waals surface area contributed by atoms with Gasteiger partial charge in [-0.3, -0.25) is 19.3 Å². The SMILES string of the molecule is NCCCC[C@@H](C(=O)Cl)N(C(=O)C(F)(F)F)C(=O)C(F)(F)F. The predicted octanol–water partition coefficient (Wildman–Crippen LogP) is 1.73. The Morgan fingerprint density at radius 2 is 1.36 bits per heavy atom. The van der Waals surface area contributed by atoms with Gasteiger partial charge in [0, 0.05) is 0 Å². The summed E-state index contributed by atoms with van der Waals surface area (Å²) in [5.41, 5.74) is 5.10. The highest BCUT2D eigenvalue weighted by molar-refractivity contribution is 6.65. The van der Waals surface area contributed by atoms with Gasteiger partial charge in [0.1, 0.15) is 6.04 Å². The maximum Gasteiger partial charge on any atom is 0.471 e. The Kier molecular flexibility index (Phi) is 7.29. The molecular formula is C10H11ClF6N2O3. The molecule has 0 aliphatic carbocycles. The minimum absolute atomic E-state index is 0.0453. The third-order valence-corrected chi connectivity index (χ3v) is 2.68. The number of unbranched alkanes of at least 4 members (excludes halogenated alkanes) is 1. The van der Waals surface area contributed by atoms with Gasteiger partial charge in [-0.25, -0.2) is 0 Å². The summed E-state index contributed by atoms with van der Waals surface area (Å²) in [4.78, 5) is 32.1. The van der Waals surface area contributed by atoms with E-state index in [2.05, 4.69) is 0 Å². The van der Waals surface area contributed by atoms with E-state index in [9.17, 15) is 40.7 Å².